The van der Waals surface area contributed by atoms with Gasteiger partial charge in [-0.1, -0.05) is 68.8 Å². The van der Waals surface area contributed by atoms with Crippen molar-refractivity contribution < 1.29 is 4.79 Å². The number of aryl methyl sites for hydroxylation is 3. The standard InChI is InChI=1S/C20H21N3O.C2H6/c1-4-18-17(13-23(3)22-18)20(24)21-19-8-6-5-7-16(19)15-11-9-14(2)10-12-15;1-2/h5-13H,4H2,1-3H3,(H,21,24);1-2H3. The minimum atomic E-state index is -0.125. The Morgan fingerprint density at radius 2 is 1.73 bits per heavy atom. The molecule has 1 heterocycles. The van der Waals surface area contributed by atoms with E-state index in [0.29, 0.717) is 5.56 Å². The highest BCUT2D eigenvalue weighted by Gasteiger charge is 2.16. The lowest BCUT2D eigenvalue weighted by molar-refractivity contribution is 0.102. The van der Waals surface area contributed by atoms with E-state index in [-0.39, 0.29) is 5.91 Å². The number of carbonyl (C=O) groups is 1. The number of aromatic nitrogens is 2. The summed E-state index contributed by atoms with van der Waals surface area (Å²) in [6.07, 6.45) is 2.49. The van der Waals surface area contributed by atoms with E-state index in [2.05, 4.69) is 41.6 Å². The summed E-state index contributed by atoms with van der Waals surface area (Å²) in [7, 11) is 1.83. The van der Waals surface area contributed by atoms with Gasteiger partial charge in [0.25, 0.3) is 5.91 Å². The van der Waals surface area contributed by atoms with Crippen LogP contribution in [0, 0.1) is 6.92 Å². The number of hydrogen-bond donors (Lipinski definition) is 1. The molecule has 1 aromatic heterocycles. The Morgan fingerprint density at radius 3 is 2.38 bits per heavy atom. The van der Waals surface area contributed by atoms with Crippen molar-refractivity contribution in [1.82, 2.24) is 9.78 Å². The van der Waals surface area contributed by atoms with Crippen LogP contribution in [0.2, 0.25) is 0 Å². The van der Waals surface area contributed by atoms with Gasteiger partial charge in [0.05, 0.1) is 11.3 Å². The molecule has 0 atom stereocenters. The second-order valence-corrected chi connectivity index (χ2v) is 5.88. The molecular weight excluding hydrogens is 322 g/mol. The molecule has 0 spiro atoms. The topological polar surface area (TPSA) is 46.9 Å². The monoisotopic (exact) mass is 349 g/mol. The third kappa shape index (κ3) is 4.39. The van der Waals surface area contributed by atoms with Crippen LogP contribution >= 0.6 is 0 Å². The molecule has 0 saturated carbocycles. The van der Waals surface area contributed by atoms with Crippen molar-refractivity contribution in [3.63, 3.8) is 0 Å². The normalized spacial score (nSPS) is 10.0. The van der Waals surface area contributed by atoms with Crippen molar-refractivity contribution in [3.05, 3.63) is 71.5 Å². The van der Waals surface area contributed by atoms with Crippen LogP contribution < -0.4 is 5.32 Å². The van der Waals surface area contributed by atoms with E-state index in [4.69, 9.17) is 0 Å². The Balaban J connectivity index is 0.00000117. The maximum absolute atomic E-state index is 12.7. The number of hydrogen-bond acceptors (Lipinski definition) is 2. The fourth-order valence-electron chi connectivity index (χ4n) is 2.75. The number of nitrogens with one attached hydrogen (secondary N) is 1. The zero-order valence-corrected chi connectivity index (χ0v) is 16.2. The van der Waals surface area contributed by atoms with Gasteiger partial charge < -0.3 is 5.32 Å². The predicted molar refractivity (Wildman–Crippen MR) is 109 cm³/mol. The molecule has 0 aliphatic carbocycles. The molecule has 26 heavy (non-hydrogen) atoms. The van der Waals surface area contributed by atoms with Crippen molar-refractivity contribution in [2.24, 2.45) is 7.05 Å². The van der Waals surface area contributed by atoms with E-state index in [1.165, 1.54) is 5.56 Å². The van der Waals surface area contributed by atoms with Crippen LogP contribution in [-0.4, -0.2) is 15.7 Å². The molecule has 0 saturated heterocycles. The smallest absolute Gasteiger partial charge is 0.259 e. The first-order valence-electron chi connectivity index (χ1n) is 9.08. The number of para-hydroxylation sites is 1. The van der Waals surface area contributed by atoms with Crippen molar-refractivity contribution in [2.75, 3.05) is 5.32 Å². The third-order valence-electron chi connectivity index (χ3n) is 4.02. The van der Waals surface area contributed by atoms with Crippen molar-refractivity contribution in [1.29, 1.82) is 0 Å². The van der Waals surface area contributed by atoms with Gasteiger partial charge >= 0.3 is 0 Å². The molecule has 0 unspecified atom stereocenters. The summed E-state index contributed by atoms with van der Waals surface area (Å²) in [6.45, 7) is 8.06. The Morgan fingerprint density at radius 1 is 1.08 bits per heavy atom. The highest BCUT2D eigenvalue weighted by atomic mass is 16.1. The molecule has 4 nitrogen and oxygen atoms in total. The van der Waals surface area contributed by atoms with Crippen LogP contribution in [0.5, 0.6) is 0 Å². The molecule has 136 valence electrons. The van der Waals surface area contributed by atoms with Gasteiger partial charge in [-0.3, -0.25) is 9.48 Å². The molecule has 2 aromatic carbocycles. The highest BCUT2D eigenvalue weighted by Crippen LogP contribution is 2.28. The van der Waals surface area contributed by atoms with E-state index in [1.54, 1.807) is 10.9 Å². The number of amides is 1. The Kier molecular flexibility index (Phi) is 6.73. The van der Waals surface area contributed by atoms with Gasteiger partial charge in [0, 0.05) is 24.5 Å². The summed E-state index contributed by atoms with van der Waals surface area (Å²) in [6, 6.07) is 16.1. The molecule has 0 bridgehead atoms. The van der Waals surface area contributed by atoms with E-state index in [1.807, 2.05) is 52.1 Å². The van der Waals surface area contributed by atoms with E-state index >= 15 is 0 Å². The van der Waals surface area contributed by atoms with Crippen LogP contribution in [-0.2, 0) is 13.5 Å². The Hall–Kier alpha value is -2.88. The SMILES string of the molecule is CC.CCc1nn(C)cc1C(=O)Nc1ccccc1-c1ccc(C)cc1. The summed E-state index contributed by atoms with van der Waals surface area (Å²) >= 11 is 0. The van der Waals surface area contributed by atoms with Crippen LogP contribution in [0.15, 0.2) is 54.7 Å². The lowest BCUT2D eigenvalue weighted by atomic mass is 10.0. The minimum Gasteiger partial charge on any atom is -0.321 e. The molecule has 0 fully saturated rings. The third-order valence-corrected chi connectivity index (χ3v) is 4.02. The summed E-state index contributed by atoms with van der Waals surface area (Å²) < 4.78 is 1.68. The fraction of sp³-hybridized carbons (Fsp3) is 0.273. The molecule has 3 aromatic rings. The maximum Gasteiger partial charge on any atom is 0.259 e. The molecule has 0 radical (unpaired) electrons. The largest absolute Gasteiger partial charge is 0.321 e. The molecule has 4 heteroatoms. The summed E-state index contributed by atoms with van der Waals surface area (Å²) in [5.74, 6) is -0.125. The summed E-state index contributed by atoms with van der Waals surface area (Å²) in [4.78, 5) is 12.7. The second-order valence-electron chi connectivity index (χ2n) is 5.88. The minimum absolute atomic E-state index is 0.125. The molecular formula is C22H27N3O. The lowest BCUT2D eigenvalue weighted by Gasteiger charge is -2.11. The quantitative estimate of drug-likeness (QED) is 0.700. The van der Waals surface area contributed by atoms with Gasteiger partial charge in [-0.15, -0.1) is 0 Å². The fourth-order valence-corrected chi connectivity index (χ4v) is 2.75. The highest BCUT2D eigenvalue weighted by molar-refractivity contribution is 6.06. The number of nitrogens with zero attached hydrogens (tertiary/aromatic N) is 2. The van der Waals surface area contributed by atoms with Crippen LogP contribution in [0.3, 0.4) is 0 Å². The maximum atomic E-state index is 12.7. The Bertz CT molecular complexity index is 863. The molecule has 1 N–H and O–H groups in total. The van der Waals surface area contributed by atoms with Crippen LogP contribution in [0.4, 0.5) is 5.69 Å². The van der Waals surface area contributed by atoms with Crippen molar-refractivity contribution in [3.8, 4) is 11.1 Å². The van der Waals surface area contributed by atoms with Gasteiger partial charge in [0.2, 0.25) is 0 Å². The molecule has 0 aliphatic heterocycles. The average Bonchev–Trinajstić information content (AvgIpc) is 3.06. The van der Waals surface area contributed by atoms with Gasteiger partial charge in [-0.05, 0) is 25.0 Å². The van der Waals surface area contributed by atoms with Crippen LogP contribution in [0.25, 0.3) is 11.1 Å². The zero-order chi connectivity index (χ0) is 19.1. The molecule has 1 amide bonds. The van der Waals surface area contributed by atoms with Gasteiger partial charge in [0.1, 0.15) is 0 Å². The van der Waals surface area contributed by atoms with E-state index < -0.39 is 0 Å². The first-order valence-corrected chi connectivity index (χ1v) is 9.08. The first kappa shape index (κ1) is 19.4. The second kappa shape index (κ2) is 8.99. The predicted octanol–water partition coefficient (Wildman–Crippen LogP) is 5.24. The van der Waals surface area contributed by atoms with Crippen LogP contribution in [0.1, 0.15) is 42.4 Å². The summed E-state index contributed by atoms with van der Waals surface area (Å²) in [5, 5.41) is 7.37. The Labute approximate surface area is 155 Å². The number of anilines is 1. The lowest BCUT2D eigenvalue weighted by Crippen LogP contribution is -2.13. The number of carbonyl (C=O) groups excluding carboxylic acids is 1. The van der Waals surface area contributed by atoms with Gasteiger partial charge in [-0.2, -0.15) is 5.10 Å². The van der Waals surface area contributed by atoms with Crippen molar-refractivity contribution >= 4 is 11.6 Å². The zero-order valence-electron chi connectivity index (χ0n) is 16.2. The first-order chi connectivity index (χ1) is 12.6. The molecule has 3 rings (SSSR count). The average molecular weight is 349 g/mol. The number of rotatable bonds is 4. The van der Waals surface area contributed by atoms with Crippen molar-refractivity contribution in [2.45, 2.75) is 34.1 Å². The molecule has 0 aliphatic rings. The van der Waals surface area contributed by atoms with E-state index in [0.717, 1.165) is 28.9 Å². The van der Waals surface area contributed by atoms with Gasteiger partial charge in [-0.25, -0.2) is 0 Å². The van der Waals surface area contributed by atoms with Gasteiger partial charge in [0.15, 0.2) is 0 Å². The number of benzene rings is 2. The summed E-state index contributed by atoms with van der Waals surface area (Å²) in [5.41, 5.74) is 5.54. The van der Waals surface area contributed by atoms with E-state index in [9.17, 15) is 4.79 Å².